The molecule has 3 heterocycles. The van der Waals surface area contributed by atoms with Crippen LogP contribution in [0.4, 0.5) is 0 Å². The molecule has 0 radical (unpaired) electrons. The Balaban J connectivity index is 1.52. The van der Waals surface area contributed by atoms with E-state index in [1.165, 1.54) is 0 Å². The predicted octanol–water partition coefficient (Wildman–Crippen LogP) is 3.18. The standard InChI is InChI=1S/C26H34O7/c1-22(2)15-10-18(29)25(5)14(24(15,4)17(28)11-16(22)27)6-8-23(3)19(13-7-9-31-12-13)32-21(30)20-26(23,25)33-20/h7,9,12,14-16,18-20,27,29H,6,8,10-11H2,1-5H3/t14?,15?,16-,18-,19+,20?,23+,24-,25+,26?/m1/s1. The Morgan fingerprint density at radius 1 is 1.00 bits per heavy atom. The molecule has 1 aromatic heterocycles. The Morgan fingerprint density at radius 2 is 1.73 bits per heavy atom. The zero-order valence-electron chi connectivity index (χ0n) is 20.0. The van der Waals surface area contributed by atoms with Crippen molar-refractivity contribution >= 4 is 11.8 Å². The lowest BCUT2D eigenvalue weighted by Crippen LogP contribution is -2.74. The fraction of sp³-hybridized carbons (Fsp3) is 0.769. The highest BCUT2D eigenvalue weighted by atomic mass is 16.7. The van der Waals surface area contributed by atoms with Crippen molar-refractivity contribution in [2.45, 2.75) is 90.3 Å². The van der Waals surface area contributed by atoms with E-state index in [2.05, 4.69) is 6.92 Å². The summed E-state index contributed by atoms with van der Waals surface area (Å²) in [7, 11) is 0. The first-order valence-corrected chi connectivity index (χ1v) is 12.2. The van der Waals surface area contributed by atoms with Crippen LogP contribution in [0.25, 0.3) is 0 Å². The molecule has 6 rings (SSSR count). The van der Waals surface area contributed by atoms with Crippen molar-refractivity contribution in [3.8, 4) is 0 Å². The van der Waals surface area contributed by atoms with E-state index in [1.54, 1.807) is 12.5 Å². The van der Waals surface area contributed by atoms with Gasteiger partial charge in [0.2, 0.25) is 0 Å². The molecular weight excluding hydrogens is 424 g/mol. The van der Waals surface area contributed by atoms with Crippen LogP contribution in [0.2, 0.25) is 0 Å². The van der Waals surface area contributed by atoms with Gasteiger partial charge in [-0.25, -0.2) is 4.79 Å². The SMILES string of the molecule is CC1(C)C2C[C@@H](O)[C@]3(C)C(CC[C@@]4(C)[C@H](c5ccoc5)OC(=O)C5OC543)[C@@]2(C)C(=O)C[C@H]1O. The average molecular weight is 459 g/mol. The number of carbonyl (C=O) groups is 2. The third kappa shape index (κ3) is 2.15. The molecule has 3 aliphatic carbocycles. The lowest BCUT2D eigenvalue weighted by molar-refractivity contribution is -0.261. The number of epoxide rings is 1. The highest BCUT2D eigenvalue weighted by molar-refractivity contribution is 5.88. The summed E-state index contributed by atoms with van der Waals surface area (Å²) in [6.45, 7) is 10.2. The summed E-state index contributed by atoms with van der Waals surface area (Å²) >= 11 is 0. The number of esters is 1. The van der Waals surface area contributed by atoms with Gasteiger partial charge in [0.25, 0.3) is 0 Å². The van der Waals surface area contributed by atoms with E-state index in [0.717, 1.165) is 5.56 Å². The van der Waals surface area contributed by atoms with Gasteiger partial charge in [-0.3, -0.25) is 4.79 Å². The minimum absolute atomic E-state index is 0.0597. The zero-order valence-corrected chi connectivity index (χ0v) is 20.0. The quantitative estimate of drug-likeness (QED) is 0.491. The van der Waals surface area contributed by atoms with Crippen molar-refractivity contribution in [3.63, 3.8) is 0 Å². The number of ether oxygens (including phenoxy) is 2. The van der Waals surface area contributed by atoms with Gasteiger partial charge in [-0.15, -0.1) is 0 Å². The summed E-state index contributed by atoms with van der Waals surface area (Å²) < 4.78 is 17.6. The van der Waals surface area contributed by atoms with Crippen molar-refractivity contribution in [1.29, 1.82) is 0 Å². The molecule has 2 saturated heterocycles. The number of ketones is 1. The first-order valence-electron chi connectivity index (χ1n) is 12.2. The zero-order chi connectivity index (χ0) is 23.8. The number of carbonyl (C=O) groups excluding carboxylic acids is 2. The highest BCUT2D eigenvalue weighted by Crippen LogP contribution is 2.79. The van der Waals surface area contributed by atoms with Crippen molar-refractivity contribution in [2.24, 2.45) is 33.5 Å². The van der Waals surface area contributed by atoms with Gasteiger partial charge in [0.05, 0.1) is 24.7 Å². The van der Waals surface area contributed by atoms with E-state index in [-0.39, 0.29) is 24.0 Å². The Kier molecular flexibility index (Phi) is 4.03. The number of hydrogen-bond donors (Lipinski definition) is 2. The normalized spacial score (nSPS) is 54.4. The number of rotatable bonds is 1. The fourth-order valence-corrected chi connectivity index (χ4v) is 9.22. The maximum absolute atomic E-state index is 13.6. The summed E-state index contributed by atoms with van der Waals surface area (Å²) in [5, 5.41) is 22.6. The predicted molar refractivity (Wildman–Crippen MR) is 116 cm³/mol. The number of furan rings is 1. The summed E-state index contributed by atoms with van der Waals surface area (Å²) in [5.41, 5.74) is -2.74. The van der Waals surface area contributed by atoms with Crippen LogP contribution in [0.1, 0.15) is 72.0 Å². The molecule has 1 spiro atoms. The van der Waals surface area contributed by atoms with Crippen LogP contribution in [-0.2, 0) is 19.1 Å². The molecule has 1 aromatic rings. The number of fused-ring (bicyclic) bond motifs is 3. The highest BCUT2D eigenvalue weighted by Gasteiger charge is 2.88. The first-order chi connectivity index (χ1) is 15.4. The maximum atomic E-state index is 13.6. The summed E-state index contributed by atoms with van der Waals surface area (Å²) in [4.78, 5) is 26.7. The van der Waals surface area contributed by atoms with Crippen molar-refractivity contribution < 1.29 is 33.7 Å². The van der Waals surface area contributed by atoms with Crippen LogP contribution in [0.3, 0.4) is 0 Å². The lowest BCUT2D eigenvalue weighted by atomic mass is 9.34. The van der Waals surface area contributed by atoms with Gasteiger partial charge in [0.15, 0.2) is 6.10 Å². The number of Topliss-reactive ketones (excluding diaryl/α,β-unsaturated/α-hetero) is 1. The smallest absolute Gasteiger partial charge is 0.339 e. The van der Waals surface area contributed by atoms with Crippen LogP contribution in [0.5, 0.6) is 0 Å². The molecular formula is C26H34O7. The van der Waals surface area contributed by atoms with E-state index in [1.807, 2.05) is 33.8 Å². The number of aliphatic hydroxyl groups excluding tert-OH is 2. The summed E-state index contributed by atoms with van der Waals surface area (Å²) in [6.07, 6.45) is 2.29. The lowest BCUT2D eigenvalue weighted by Gasteiger charge is -2.69. The van der Waals surface area contributed by atoms with Crippen LogP contribution in [0.15, 0.2) is 23.0 Å². The second-order valence-corrected chi connectivity index (χ2v) is 12.4. The molecule has 3 saturated carbocycles. The molecule has 33 heavy (non-hydrogen) atoms. The van der Waals surface area contributed by atoms with Gasteiger partial charge < -0.3 is 24.1 Å². The van der Waals surface area contributed by atoms with E-state index in [0.29, 0.717) is 19.3 Å². The van der Waals surface area contributed by atoms with Gasteiger partial charge in [-0.05, 0) is 42.6 Å². The summed E-state index contributed by atoms with van der Waals surface area (Å²) in [5.74, 6) is -0.685. The van der Waals surface area contributed by atoms with E-state index >= 15 is 0 Å². The van der Waals surface area contributed by atoms with Crippen molar-refractivity contribution in [3.05, 3.63) is 24.2 Å². The van der Waals surface area contributed by atoms with Gasteiger partial charge >= 0.3 is 5.97 Å². The molecule has 2 N–H and O–H groups in total. The van der Waals surface area contributed by atoms with Crippen LogP contribution in [-0.4, -0.2) is 45.9 Å². The Labute approximate surface area is 193 Å². The molecule has 2 aliphatic heterocycles. The van der Waals surface area contributed by atoms with Gasteiger partial charge in [-0.1, -0.05) is 34.6 Å². The van der Waals surface area contributed by atoms with Crippen molar-refractivity contribution in [2.75, 3.05) is 0 Å². The molecule has 5 aliphatic rings. The Morgan fingerprint density at radius 3 is 2.39 bits per heavy atom. The fourth-order valence-electron chi connectivity index (χ4n) is 9.22. The van der Waals surface area contributed by atoms with Crippen LogP contribution in [0, 0.1) is 33.5 Å². The van der Waals surface area contributed by atoms with Crippen LogP contribution < -0.4 is 0 Å². The Hall–Kier alpha value is -1.70. The number of hydrogen-bond acceptors (Lipinski definition) is 7. The second-order valence-electron chi connectivity index (χ2n) is 12.4. The average Bonchev–Trinajstić information content (AvgIpc) is 3.32. The molecule has 180 valence electrons. The monoisotopic (exact) mass is 458 g/mol. The molecule has 0 amide bonds. The largest absolute Gasteiger partial charge is 0.472 e. The molecule has 0 bridgehead atoms. The molecule has 7 nitrogen and oxygen atoms in total. The second kappa shape index (κ2) is 6.10. The molecule has 5 fully saturated rings. The van der Waals surface area contributed by atoms with E-state index in [9.17, 15) is 19.8 Å². The molecule has 4 unspecified atom stereocenters. The van der Waals surface area contributed by atoms with E-state index in [4.69, 9.17) is 13.9 Å². The molecule has 10 atom stereocenters. The van der Waals surface area contributed by atoms with Crippen LogP contribution >= 0.6 is 0 Å². The maximum Gasteiger partial charge on any atom is 0.339 e. The Bertz CT molecular complexity index is 1030. The number of aliphatic hydroxyl groups is 2. The van der Waals surface area contributed by atoms with Gasteiger partial charge in [0, 0.05) is 28.2 Å². The summed E-state index contributed by atoms with van der Waals surface area (Å²) in [6, 6.07) is 1.82. The molecule has 0 aromatic carbocycles. The molecule has 7 heteroatoms. The van der Waals surface area contributed by atoms with E-state index < -0.39 is 57.6 Å². The minimum Gasteiger partial charge on any atom is -0.472 e. The van der Waals surface area contributed by atoms with Gasteiger partial charge in [0.1, 0.15) is 17.5 Å². The van der Waals surface area contributed by atoms with Gasteiger partial charge in [-0.2, -0.15) is 0 Å². The van der Waals surface area contributed by atoms with Crippen molar-refractivity contribution in [1.82, 2.24) is 0 Å². The minimum atomic E-state index is -0.923. The number of cyclic esters (lactones) is 1. The first kappa shape index (κ1) is 21.8. The third-order valence-electron chi connectivity index (χ3n) is 11.1. The third-order valence-corrected chi connectivity index (χ3v) is 11.1. The topological polar surface area (TPSA) is 110 Å².